The molecule has 0 bridgehead atoms. The summed E-state index contributed by atoms with van der Waals surface area (Å²) in [6.07, 6.45) is -15.8. The van der Waals surface area contributed by atoms with Gasteiger partial charge in [0, 0.05) is 46.9 Å². The van der Waals surface area contributed by atoms with Crippen molar-refractivity contribution in [3.63, 3.8) is 0 Å². The lowest BCUT2D eigenvalue weighted by atomic mass is 9.87. The van der Waals surface area contributed by atoms with Crippen LogP contribution in [0.4, 0.5) is 8.78 Å². The maximum Gasteiger partial charge on any atom is 0.253 e. The van der Waals surface area contributed by atoms with Gasteiger partial charge < -0.3 is 4.90 Å². The second-order valence-electron chi connectivity index (χ2n) is 5.65. The van der Waals surface area contributed by atoms with Crippen molar-refractivity contribution >= 4 is 17.5 Å². The lowest BCUT2D eigenvalue weighted by Crippen LogP contribution is -2.44. The fraction of sp³-hybridized carbons (Fsp3) is 0.429. The molecule has 1 aromatic carbocycles. The minimum Gasteiger partial charge on any atom is -0.338 e. The number of halogens is 3. The summed E-state index contributed by atoms with van der Waals surface area (Å²) in [5.74, 6) is -2.72. The van der Waals surface area contributed by atoms with E-state index in [0.717, 1.165) is 12.1 Å². The summed E-state index contributed by atoms with van der Waals surface area (Å²) in [6, 6.07) is 4.67. The molecule has 6 heteroatoms. The van der Waals surface area contributed by atoms with Gasteiger partial charge in [0.25, 0.3) is 5.91 Å². The number of amides is 1. The standard InChI is InChI=1S/C21H23ClF2N2O/c1-15-4-6-17(25-14-15)3-2-8-21(24)9-11-26(12-10-21)20(27)16-5-7-19(23)18(22)13-16/h4-7,13-14H,2-3,8-12H2,1H3/i3D2,8D2,9D2,10D2,11D2,12D2. The zero-order chi connectivity index (χ0) is 30.2. The van der Waals surface area contributed by atoms with Crippen LogP contribution in [0.2, 0.25) is 5.02 Å². The van der Waals surface area contributed by atoms with Crippen molar-refractivity contribution in [3.05, 3.63) is 64.2 Å². The number of hydrogen-bond donors (Lipinski definition) is 0. The Morgan fingerprint density at radius 3 is 2.74 bits per heavy atom. The third kappa shape index (κ3) is 5.04. The molecule has 0 aliphatic carbocycles. The number of likely N-dealkylation sites (tertiary alicyclic amines) is 1. The Hall–Kier alpha value is -2.01. The van der Waals surface area contributed by atoms with E-state index in [0.29, 0.717) is 17.7 Å². The second-order valence-corrected chi connectivity index (χ2v) is 6.06. The molecule has 2 aromatic rings. The lowest BCUT2D eigenvalue weighted by molar-refractivity contribution is 0.0389. The average Bonchev–Trinajstić information content (AvgIpc) is 2.78. The highest BCUT2D eigenvalue weighted by Gasteiger charge is 2.35. The fourth-order valence-electron chi connectivity index (χ4n) is 2.10. The number of rotatable bonds is 5. The lowest BCUT2D eigenvalue weighted by Gasteiger charge is -2.36. The minimum atomic E-state index is -4.73. The van der Waals surface area contributed by atoms with E-state index in [-0.39, 0.29) is 0 Å². The van der Waals surface area contributed by atoms with E-state index >= 15 is 4.39 Å². The monoisotopic (exact) mass is 404 g/mol. The number of aromatic nitrogens is 1. The summed E-state index contributed by atoms with van der Waals surface area (Å²) in [6.45, 7) is -6.52. The molecule has 0 radical (unpaired) electrons. The number of piperidine rings is 1. The Kier molecular flexibility index (Phi) is 2.92. The molecule has 3 nitrogen and oxygen atoms in total. The predicted octanol–water partition coefficient (Wildman–Crippen LogP) is 5.15. The number of hydrogen-bond acceptors (Lipinski definition) is 2. The molecule has 1 saturated heterocycles. The third-order valence-corrected chi connectivity index (χ3v) is 3.85. The summed E-state index contributed by atoms with van der Waals surface area (Å²) < 4.78 is 130. The van der Waals surface area contributed by atoms with Crippen molar-refractivity contribution in [2.45, 2.75) is 44.5 Å². The molecule has 3 rings (SSSR count). The van der Waals surface area contributed by atoms with Crippen molar-refractivity contribution in [2.24, 2.45) is 0 Å². The van der Waals surface area contributed by atoms with E-state index in [2.05, 4.69) is 4.98 Å². The molecule has 27 heavy (non-hydrogen) atoms. The maximum atomic E-state index is 17.0. The fourth-order valence-corrected chi connectivity index (χ4v) is 2.28. The van der Waals surface area contributed by atoms with Crippen LogP contribution in [0.5, 0.6) is 0 Å². The smallest absolute Gasteiger partial charge is 0.253 e. The molecule has 0 N–H and O–H groups in total. The number of pyridine rings is 1. The van der Waals surface area contributed by atoms with Gasteiger partial charge in [-0.05, 0) is 68.7 Å². The van der Waals surface area contributed by atoms with Crippen LogP contribution in [0.3, 0.4) is 0 Å². The van der Waals surface area contributed by atoms with Crippen LogP contribution in [-0.2, 0) is 6.37 Å². The SMILES string of the molecule is [2H]C([2H])(CC([2H])([2H])C1(F)C([2H])([2H])C([2H])([2H])N(C(=O)c2ccc(F)c(Cl)c2)C([2H])([2H])C1([2H])[2H])c1ccc(C)cn1. The summed E-state index contributed by atoms with van der Waals surface area (Å²) >= 11 is 5.65. The average molecular weight is 405 g/mol. The highest BCUT2D eigenvalue weighted by molar-refractivity contribution is 6.31. The molecule has 0 unspecified atom stereocenters. The molecule has 0 saturated carbocycles. The van der Waals surface area contributed by atoms with Gasteiger partial charge in [-0.25, -0.2) is 8.78 Å². The molecule has 0 atom stereocenters. The largest absolute Gasteiger partial charge is 0.338 e. The normalized spacial score (nSPS) is 31.5. The number of nitrogens with zero attached hydrogens (tertiary/aromatic N) is 2. The van der Waals surface area contributed by atoms with Gasteiger partial charge in [-0.15, -0.1) is 0 Å². The quantitative estimate of drug-likeness (QED) is 0.690. The van der Waals surface area contributed by atoms with E-state index < -0.39 is 83.5 Å². The molecular weight excluding hydrogens is 370 g/mol. The van der Waals surface area contributed by atoms with E-state index in [1.165, 1.54) is 12.3 Å². The number of alkyl halides is 1. The molecule has 144 valence electrons. The highest BCUT2D eigenvalue weighted by Crippen LogP contribution is 2.32. The molecule has 1 fully saturated rings. The van der Waals surface area contributed by atoms with Crippen LogP contribution in [0.15, 0.2) is 36.5 Å². The van der Waals surface area contributed by atoms with Crippen LogP contribution >= 0.6 is 11.6 Å². The predicted molar refractivity (Wildman–Crippen MR) is 102 cm³/mol. The zero-order valence-electron chi connectivity index (χ0n) is 26.1. The first-order valence-electron chi connectivity index (χ1n) is 13.8. The first kappa shape index (κ1) is 9.46. The van der Waals surface area contributed by atoms with Gasteiger partial charge in [-0.3, -0.25) is 9.78 Å². The van der Waals surface area contributed by atoms with Gasteiger partial charge >= 0.3 is 0 Å². The first-order valence-corrected chi connectivity index (χ1v) is 8.20. The minimum absolute atomic E-state index is 0.409. The van der Waals surface area contributed by atoms with E-state index in [1.807, 2.05) is 0 Å². The molecule has 1 aromatic heterocycles. The Balaban J connectivity index is 2.20. The van der Waals surface area contributed by atoms with Crippen molar-refractivity contribution in [1.82, 2.24) is 9.88 Å². The van der Waals surface area contributed by atoms with Gasteiger partial charge in [0.15, 0.2) is 0 Å². The first-order chi connectivity index (χ1) is 17.4. The topological polar surface area (TPSA) is 33.2 Å². The Labute approximate surface area is 180 Å². The Morgan fingerprint density at radius 2 is 2.11 bits per heavy atom. The number of carbonyl (C=O) groups is 1. The molecule has 0 spiro atoms. The maximum absolute atomic E-state index is 17.0. The van der Waals surface area contributed by atoms with Gasteiger partial charge in [-0.2, -0.15) is 0 Å². The number of benzene rings is 1. The van der Waals surface area contributed by atoms with Gasteiger partial charge in [0.1, 0.15) is 11.5 Å². The van der Waals surface area contributed by atoms with E-state index in [9.17, 15) is 9.18 Å². The summed E-state index contributed by atoms with van der Waals surface area (Å²) in [7, 11) is 0. The van der Waals surface area contributed by atoms with Crippen molar-refractivity contribution in [1.29, 1.82) is 0 Å². The molecular formula is C21H23ClF2N2O. The van der Waals surface area contributed by atoms with E-state index in [4.69, 9.17) is 28.1 Å². The van der Waals surface area contributed by atoms with Crippen LogP contribution in [0.25, 0.3) is 0 Å². The molecule has 1 aliphatic heterocycles. The third-order valence-electron chi connectivity index (χ3n) is 3.56. The molecule has 2 heterocycles. The summed E-state index contributed by atoms with van der Waals surface area (Å²) in [4.78, 5) is 16.5. The molecule has 1 amide bonds. The van der Waals surface area contributed by atoms with Gasteiger partial charge in [0.05, 0.1) is 5.02 Å². The van der Waals surface area contributed by atoms with Crippen LogP contribution in [-0.4, -0.2) is 34.5 Å². The van der Waals surface area contributed by atoms with Gasteiger partial charge in [-0.1, -0.05) is 17.7 Å². The van der Waals surface area contributed by atoms with Crippen molar-refractivity contribution in [3.8, 4) is 0 Å². The van der Waals surface area contributed by atoms with E-state index in [1.54, 1.807) is 6.92 Å². The van der Waals surface area contributed by atoms with Gasteiger partial charge in [0.2, 0.25) is 0 Å². The van der Waals surface area contributed by atoms with Crippen LogP contribution in [0, 0.1) is 12.7 Å². The number of aryl methyl sites for hydroxylation is 2. The second kappa shape index (κ2) is 8.34. The Morgan fingerprint density at radius 1 is 1.37 bits per heavy atom. The van der Waals surface area contributed by atoms with Crippen LogP contribution < -0.4 is 0 Å². The molecule has 1 aliphatic rings. The van der Waals surface area contributed by atoms with Crippen molar-refractivity contribution < 1.29 is 30.0 Å². The van der Waals surface area contributed by atoms with Crippen LogP contribution in [0.1, 0.15) is 63.6 Å². The summed E-state index contributed by atoms with van der Waals surface area (Å²) in [5, 5.41) is -0.645. The number of carbonyl (C=O) groups excluding carboxylic acids is 1. The Bertz CT molecular complexity index is 1260. The zero-order valence-corrected chi connectivity index (χ0v) is 14.9. The summed E-state index contributed by atoms with van der Waals surface area (Å²) in [5.41, 5.74) is -5.21. The highest BCUT2D eigenvalue weighted by atomic mass is 35.5. The van der Waals surface area contributed by atoms with Crippen molar-refractivity contribution in [2.75, 3.05) is 13.0 Å².